The highest BCUT2D eigenvalue weighted by molar-refractivity contribution is 5.82. The smallest absolute Gasteiger partial charge is 0.253 e. The van der Waals surface area contributed by atoms with Crippen LogP contribution in [0.15, 0.2) is 53.3 Å². The van der Waals surface area contributed by atoms with Crippen molar-refractivity contribution in [3.8, 4) is 5.75 Å². The zero-order valence-corrected chi connectivity index (χ0v) is 20.8. The summed E-state index contributed by atoms with van der Waals surface area (Å²) in [5.74, 6) is 1.48. The van der Waals surface area contributed by atoms with Crippen molar-refractivity contribution in [2.24, 2.45) is 0 Å². The van der Waals surface area contributed by atoms with Crippen LogP contribution in [-0.4, -0.2) is 77.1 Å². The maximum absolute atomic E-state index is 13.4. The van der Waals surface area contributed by atoms with Gasteiger partial charge in [0.25, 0.3) is 5.56 Å². The van der Waals surface area contributed by atoms with E-state index >= 15 is 0 Å². The van der Waals surface area contributed by atoms with E-state index in [0.717, 1.165) is 54.1 Å². The van der Waals surface area contributed by atoms with Gasteiger partial charge in [-0.1, -0.05) is 18.2 Å². The van der Waals surface area contributed by atoms with Gasteiger partial charge in [0.05, 0.1) is 25.8 Å². The van der Waals surface area contributed by atoms with Crippen LogP contribution in [0.4, 0.5) is 5.69 Å². The molecule has 1 aliphatic heterocycles. The standard InChI is InChI=1S/C26H31N7O3/c1-18-5-4-6-19-17-22(26(34)27-23(18)19)24(25-28-29-30-33(25)15-16-35-2)32-13-11-31(12-14-32)20-7-9-21(36-3)10-8-20/h4-10,17,24H,11-16H2,1-3H3,(H,27,34)/t24-/m1/s1. The number of para-hydroxylation sites is 1. The van der Waals surface area contributed by atoms with E-state index in [4.69, 9.17) is 9.47 Å². The molecule has 0 bridgehead atoms. The highest BCUT2D eigenvalue weighted by Gasteiger charge is 2.32. The summed E-state index contributed by atoms with van der Waals surface area (Å²) in [6.45, 7) is 6.10. The Morgan fingerprint density at radius 3 is 2.56 bits per heavy atom. The number of pyridine rings is 1. The molecule has 4 aromatic rings. The van der Waals surface area contributed by atoms with Crippen LogP contribution in [0.5, 0.6) is 5.75 Å². The van der Waals surface area contributed by atoms with Gasteiger partial charge in [0, 0.05) is 44.5 Å². The van der Waals surface area contributed by atoms with Gasteiger partial charge in [0.2, 0.25) is 0 Å². The van der Waals surface area contributed by atoms with Gasteiger partial charge in [-0.2, -0.15) is 0 Å². The average Bonchev–Trinajstić information content (AvgIpc) is 3.37. The fourth-order valence-corrected chi connectivity index (χ4v) is 4.88. The molecule has 1 N–H and O–H groups in total. The average molecular weight is 490 g/mol. The number of aromatic nitrogens is 5. The number of hydrogen-bond donors (Lipinski definition) is 1. The minimum absolute atomic E-state index is 0.124. The van der Waals surface area contributed by atoms with Gasteiger partial charge in [0.1, 0.15) is 11.8 Å². The maximum atomic E-state index is 13.4. The molecule has 0 radical (unpaired) electrons. The van der Waals surface area contributed by atoms with Crippen molar-refractivity contribution in [3.63, 3.8) is 0 Å². The lowest BCUT2D eigenvalue weighted by Gasteiger charge is -2.39. The first-order valence-electron chi connectivity index (χ1n) is 12.1. The van der Waals surface area contributed by atoms with Crippen LogP contribution < -0.4 is 15.2 Å². The van der Waals surface area contributed by atoms with E-state index < -0.39 is 0 Å². The summed E-state index contributed by atoms with van der Waals surface area (Å²) in [4.78, 5) is 21.2. The van der Waals surface area contributed by atoms with Gasteiger partial charge in [-0.25, -0.2) is 4.68 Å². The first kappa shape index (κ1) is 24.0. The molecule has 0 amide bonds. The number of H-pyrrole nitrogens is 1. The fraction of sp³-hybridized carbons (Fsp3) is 0.385. The number of tetrazole rings is 1. The van der Waals surface area contributed by atoms with Gasteiger partial charge < -0.3 is 19.4 Å². The monoisotopic (exact) mass is 489 g/mol. The van der Waals surface area contributed by atoms with Crippen molar-refractivity contribution >= 4 is 16.6 Å². The Bertz CT molecular complexity index is 1370. The second kappa shape index (κ2) is 10.5. The van der Waals surface area contributed by atoms with Crippen molar-refractivity contribution in [3.05, 3.63) is 75.8 Å². The number of piperazine rings is 1. The zero-order chi connectivity index (χ0) is 25.1. The molecule has 36 heavy (non-hydrogen) atoms. The summed E-state index contributed by atoms with van der Waals surface area (Å²) in [5, 5.41) is 13.5. The molecule has 0 unspecified atom stereocenters. The number of aryl methyl sites for hydroxylation is 1. The molecule has 0 spiro atoms. The number of anilines is 1. The molecule has 2 aromatic carbocycles. The Morgan fingerprint density at radius 2 is 1.83 bits per heavy atom. The topological polar surface area (TPSA) is 101 Å². The Kier molecular flexibility index (Phi) is 6.97. The molecule has 2 aromatic heterocycles. The molecule has 1 fully saturated rings. The van der Waals surface area contributed by atoms with E-state index in [1.807, 2.05) is 43.3 Å². The lowest BCUT2D eigenvalue weighted by atomic mass is 10.0. The van der Waals surface area contributed by atoms with Gasteiger partial charge in [-0.3, -0.25) is 9.69 Å². The maximum Gasteiger partial charge on any atom is 0.253 e. The third kappa shape index (κ3) is 4.69. The normalized spacial score (nSPS) is 15.4. The lowest BCUT2D eigenvalue weighted by molar-refractivity contribution is 0.171. The summed E-state index contributed by atoms with van der Waals surface area (Å²) in [7, 11) is 3.32. The van der Waals surface area contributed by atoms with E-state index in [9.17, 15) is 4.79 Å². The number of hydrogen-bond acceptors (Lipinski definition) is 8. The van der Waals surface area contributed by atoms with Crippen LogP contribution in [0.25, 0.3) is 10.9 Å². The van der Waals surface area contributed by atoms with Gasteiger partial charge >= 0.3 is 0 Å². The highest BCUT2D eigenvalue weighted by atomic mass is 16.5. The van der Waals surface area contributed by atoms with E-state index in [-0.39, 0.29) is 11.6 Å². The molecule has 5 rings (SSSR count). The Labute approximate surface area is 209 Å². The number of rotatable bonds is 8. The van der Waals surface area contributed by atoms with E-state index in [2.05, 4.69) is 42.4 Å². The predicted molar refractivity (Wildman–Crippen MR) is 138 cm³/mol. The van der Waals surface area contributed by atoms with Crippen LogP contribution >= 0.6 is 0 Å². The number of methoxy groups -OCH3 is 2. The number of benzene rings is 2. The summed E-state index contributed by atoms with van der Waals surface area (Å²) < 4.78 is 12.3. The van der Waals surface area contributed by atoms with Gasteiger partial charge in [-0.15, -0.1) is 5.10 Å². The number of fused-ring (bicyclic) bond motifs is 1. The molecule has 10 heteroatoms. The summed E-state index contributed by atoms with van der Waals surface area (Å²) in [5.41, 5.74) is 3.55. The number of nitrogens with zero attached hydrogens (tertiary/aromatic N) is 6. The molecule has 0 aliphatic carbocycles. The number of ether oxygens (including phenoxy) is 2. The fourth-order valence-electron chi connectivity index (χ4n) is 4.88. The Morgan fingerprint density at radius 1 is 1.06 bits per heavy atom. The number of nitrogens with one attached hydrogen (secondary N) is 1. The first-order chi connectivity index (χ1) is 17.6. The summed E-state index contributed by atoms with van der Waals surface area (Å²) >= 11 is 0. The zero-order valence-electron chi connectivity index (χ0n) is 20.8. The van der Waals surface area contributed by atoms with E-state index in [1.165, 1.54) is 0 Å². The Hall–Kier alpha value is -3.76. The van der Waals surface area contributed by atoms with E-state index in [1.54, 1.807) is 18.9 Å². The molecule has 1 saturated heterocycles. The van der Waals surface area contributed by atoms with Crippen LogP contribution in [0.2, 0.25) is 0 Å². The molecule has 188 valence electrons. The Balaban J connectivity index is 1.49. The number of aromatic amines is 1. The minimum atomic E-state index is -0.386. The summed E-state index contributed by atoms with van der Waals surface area (Å²) in [6.07, 6.45) is 0. The molecule has 10 nitrogen and oxygen atoms in total. The second-order valence-electron chi connectivity index (χ2n) is 8.97. The van der Waals surface area contributed by atoms with Crippen LogP contribution in [0.3, 0.4) is 0 Å². The summed E-state index contributed by atoms with van der Waals surface area (Å²) in [6, 6.07) is 15.7. The second-order valence-corrected chi connectivity index (χ2v) is 8.97. The third-order valence-electron chi connectivity index (χ3n) is 6.84. The van der Waals surface area contributed by atoms with E-state index in [0.29, 0.717) is 24.5 Å². The van der Waals surface area contributed by atoms with Crippen LogP contribution in [0.1, 0.15) is 23.0 Å². The molecule has 1 atom stereocenters. The molecular weight excluding hydrogens is 458 g/mol. The lowest BCUT2D eigenvalue weighted by Crippen LogP contribution is -2.49. The largest absolute Gasteiger partial charge is 0.497 e. The van der Waals surface area contributed by atoms with Crippen molar-refractivity contribution < 1.29 is 9.47 Å². The molecular formula is C26H31N7O3. The quantitative estimate of drug-likeness (QED) is 0.403. The van der Waals surface area contributed by atoms with Crippen molar-refractivity contribution in [1.29, 1.82) is 0 Å². The van der Waals surface area contributed by atoms with Crippen LogP contribution in [-0.2, 0) is 11.3 Å². The minimum Gasteiger partial charge on any atom is -0.497 e. The van der Waals surface area contributed by atoms with Crippen LogP contribution in [0, 0.1) is 6.92 Å². The SMILES string of the molecule is COCCn1nnnc1[C@@H](c1cc2cccc(C)c2[nH]c1=O)N1CCN(c2ccc(OC)cc2)CC1. The van der Waals surface area contributed by atoms with Gasteiger partial charge in [-0.05, 0) is 58.6 Å². The highest BCUT2D eigenvalue weighted by Crippen LogP contribution is 2.29. The molecule has 3 heterocycles. The predicted octanol–water partition coefficient (Wildman–Crippen LogP) is 2.39. The van der Waals surface area contributed by atoms with Crippen molar-refractivity contribution in [2.75, 3.05) is 51.9 Å². The molecule has 1 aliphatic rings. The van der Waals surface area contributed by atoms with Gasteiger partial charge in [0.15, 0.2) is 5.82 Å². The van der Waals surface area contributed by atoms with Crippen molar-refractivity contribution in [1.82, 2.24) is 30.1 Å². The third-order valence-corrected chi connectivity index (χ3v) is 6.84. The molecule has 0 saturated carbocycles. The first-order valence-corrected chi connectivity index (χ1v) is 12.1. The van der Waals surface area contributed by atoms with Crippen molar-refractivity contribution in [2.45, 2.75) is 19.5 Å².